The van der Waals surface area contributed by atoms with Crippen LogP contribution in [-0.4, -0.2) is 34.4 Å². The van der Waals surface area contributed by atoms with E-state index in [9.17, 15) is 4.79 Å². The van der Waals surface area contributed by atoms with E-state index in [0.29, 0.717) is 16.3 Å². The molecule has 1 saturated heterocycles. The molecule has 0 aromatic carbocycles. The molecule has 0 N–H and O–H groups in total. The molecular formula is C13H16Br2N2O. The van der Waals surface area contributed by atoms with Gasteiger partial charge in [0.25, 0.3) is 5.56 Å². The summed E-state index contributed by atoms with van der Waals surface area (Å²) in [5.74, 6) is 1.15. The van der Waals surface area contributed by atoms with Crippen molar-refractivity contribution in [2.75, 3.05) is 25.0 Å². The maximum absolute atomic E-state index is 12.1. The molecule has 0 amide bonds. The summed E-state index contributed by atoms with van der Waals surface area (Å²) in [5.41, 5.74) is 1.36. The Bertz CT molecular complexity index is 514. The quantitative estimate of drug-likeness (QED) is 0.741. The highest BCUT2D eigenvalue weighted by atomic mass is 79.9. The number of hydrogen-bond acceptors (Lipinski definition) is 2. The number of alkyl halides is 1. The molecule has 0 spiro atoms. The van der Waals surface area contributed by atoms with Gasteiger partial charge in [-0.15, -0.1) is 0 Å². The summed E-state index contributed by atoms with van der Waals surface area (Å²) in [6.07, 6.45) is 1.24. The lowest BCUT2D eigenvalue weighted by atomic mass is 9.83. The smallest absolute Gasteiger partial charge is 0.265 e. The van der Waals surface area contributed by atoms with Gasteiger partial charge in [0.15, 0.2) is 0 Å². The zero-order valence-electron chi connectivity index (χ0n) is 10.1. The Balaban J connectivity index is 1.96. The Kier molecular flexibility index (Phi) is 3.65. The Morgan fingerprint density at radius 3 is 2.89 bits per heavy atom. The highest BCUT2D eigenvalue weighted by molar-refractivity contribution is 9.10. The van der Waals surface area contributed by atoms with Crippen LogP contribution in [0.2, 0.25) is 0 Å². The topological polar surface area (TPSA) is 25.2 Å². The SMILES string of the molecule is O=c1c(Br)ccc2n1C[C@H]1C[C@@H]2CN(CCBr)C1. The van der Waals surface area contributed by atoms with E-state index < -0.39 is 0 Å². The molecule has 18 heavy (non-hydrogen) atoms. The van der Waals surface area contributed by atoms with Gasteiger partial charge in [-0.25, -0.2) is 0 Å². The summed E-state index contributed by atoms with van der Waals surface area (Å²) in [6.45, 7) is 4.19. The molecule has 0 saturated carbocycles. The molecule has 0 aliphatic carbocycles. The van der Waals surface area contributed by atoms with Crippen LogP contribution in [0.25, 0.3) is 0 Å². The second kappa shape index (κ2) is 5.10. The number of fused-ring (bicyclic) bond motifs is 4. The predicted octanol–water partition coefficient (Wildman–Crippen LogP) is 2.42. The van der Waals surface area contributed by atoms with Crippen LogP contribution in [0.3, 0.4) is 0 Å². The van der Waals surface area contributed by atoms with E-state index in [0.717, 1.165) is 31.5 Å². The fourth-order valence-electron chi connectivity index (χ4n) is 3.32. The lowest BCUT2D eigenvalue weighted by Gasteiger charge is -2.42. The van der Waals surface area contributed by atoms with E-state index in [1.165, 1.54) is 12.1 Å². The van der Waals surface area contributed by atoms with Gasteiger partial charge in [0.2, 0.25) is 0 Å². The average molecular weight is 376 g/mol. The number of aromatic nitrogens is 1. The number of pyridine rings is 1. The minimum atomic E-state index is 0.135. The molecule has 1 fully saturated rings. The minimum Gasteiger partial charge on any atom is -0.311 e. The van der Waals surface area contributed by atoms with Gasteiger partial charge in [-0.05, 0) is 40.4 Å². The summed E-state index contributed by atoms with van der Waals surface area (Å²) in [4.78, 5) is 14.7. The fourth-order valence-corrected chi connectivity index (χ4v) is 4.17. The number of hydrogen-bond donors (Lipinski definition) is 0. The van der Waals surface area contributed by atoms with E-state index in [2.05, 4.69) is 42.8 Å². The summed E-state index contributed by atoms with van der Waals surface area (Å²) in [7, 11) is 0. The molecule has 5 heteroatoms. The van der Waals surface area contributed by atoms with Gasteiger partial charge in [0.1, 0.15) is 0 Å². The third-order valence-electron chi connectivity index (χ3n) is 4.03. The van der Waals surface area contributed by atoms with Gasteiger partial charge >= 0.3 is 0 Å². The highest BCUT2D eigenvalue weighted by Crippen LogP contribution is 2.35. The summed E-state index contributed by atoms with van der Waals surface area (Å²) >= 11 is 6.86. The van der Waals surface area contributed by atoms with Crippen molar-refractivity contribution in [2.24, 2.45) is 5.92 Å². The molecule has 0 radical (unpaired) electrons. The second-order valence-corrected chi connectivity index (χ2v) is 6.92. The van der Waals surface area contributed by atoms with Gasteiger partial charge in [-0.2, -0.15) is 0 Å². The van der Waals surface area contributed by atoms with Crippen LogP contribution < -0.4 is 5.56 Å². The molecule has 1 aromatic rings. The summed E-state index contributed by atoms with van der Waals surface area (Å²) in [5, 5.41) is 1.03. The van der Waals surface area contributed by atoms with Crippen molar-refractivity contribution in [1.29, 1.82) is 0 Å². The van der Waals surface area contributed by atoms with E-state index in [1.54, 1.807) is 0 Å². The Labute approximate surface area is 123 Å². The molecule has 3 nitrogen and oxygen atoms in total. The number of halogens is 2. The Morgan fingerprint density at radius 1 is 1.28 bits per heavy atom. The first-order valence-electron chi connectivity index (χ1n) is 6.36. The minimum absolute atomic E-state index is 0.135. The number of likely N-dealkylation sites (tertiary alicyclic amines) is 1. The lowest BCUT2D eigenvalue weighted by molar-refractivity contribution is 0.127. The molecule has 2 aliphatic heterocycles. The molecular weight excluding hydrogens is 360 g/mol. The van der Waals surface area contributed by atoms with Crippen LogP contribution in [0, 0.1) is 5.92 Å². The number of nitrogens with zero attached hydrogens (tertiary/aromatic N) is 2. The standard InChI is InChI=1S/C13H16Br2N2O/c14-3-4-16-6-9-5-10(8-16)12-2-1-11(15)13(18)17(12)7-9/h1-2,9-10H,3-8H2/t9-,10+/m0/s1. The fraction of sp³-hybridized carbons (Fsp3) is 0.615. The zero-order chi connectivity index (χ0) is 12.7. The lowest BCUT2D eigenvalue weighted by Crippen LogP contribution is -2.47. The van der Waals surface area contributed by atoms with Gasteiger partial charge < -0.3 is 9.47 Å². The first-order valence-corrected chi connectivity index (χ1v) is 8.28. The van der Waals surface area contributed by atoms with Crippen LogP contribution in [0.5, 0.6) is 0 Å². The predicted molar refractivity (Wildman–Crippen MR) is 79.5 cm³/mol. The van der Waals surface area contributed by atoms with E-state index in [4.69, 9.17) is 0 Å². The van der Waals surface area contributed by atoms with E-state index in [1.807, 2.05) is 10.6 Å². The van der Waals surface area contributed by atoms with Crippen LogP contribution >= 0.6 is 31.9 Å². The van der Waals surface area contributed by atoms with Crippen molar-refractivity contribution >= 4 is 31.9 Å². The maximum atomic E-state index is 12.1. The highest BCUT2D eigenvalue weighted by Gasteiger charge is 2.34. The van der Waals surface area contributed by atoms with Gasteiger partial charge in [-0.3, -0.25) is 4.79 Å². The summed E-state index contributed by atoms with van der Waals surface area (Å²) in [6, 6.07) is 4.02. The van der Waals surface area contributed by atoms with Crippen LogP contribution in [0.15, 0.2) is 21.4 Å². The van der Waals surface area contributed by atoms with Gasteiger partial charge in [-0.1, -0.05) is 15.9 Å². The molecule has 2 bridgehead atoms. The second-order valence-electron chi connectivity index (χ2n) is 5.27. The summed E-state index contributed by atoms with van der Waals surface area (Å²) < 4.78 is 2.66. The Morgan fingerprint density at radius 2 is 2.11 bits per heavy atom. The molecule has 0 unspecified atom stereocenters. The van der Waals surface area contributed by atoms with Crippen molar-refractivity contribution in [3.63, 3.8) is 0 Å². The number of piperidine rings is 1. The molecule has 2 aliphatic rings. The van der Waals surface area contributed by atoms with E-state index >= 15 is 0 Å². The van der Waals surface area contributed by atoms with Crippen LogP contribution in [0.4, 0.5) is 0 Å². The maximum Gasteiger partial charge on any atom is 0.265 e. The third kappa shape index (κ3) is 2.21. The monoisotopic (exact) mass is 374 g/mol. The van der Waals surface area contributed by atoms with Crippen LogP contribution in [-0.2, 0) is 6.54 Å². The van der Waals surface area contributed by atoms with Gasteiger partial charge in [0.05, 0.1) is 4.47 Å². The van der Waals surface area contributed by atoms with Crippen molar-refractivity contribution < 1.29 is 0 Å². The molecule has 3 rings (SSSR count). The first-order chi connectivity index (χ1) is 8.69. The Hall–Kier alpha value is -0.130. The van der Waals surface area contributed by atoms with Gasteiger partial charge in [0, 0.05) is 43.1 Å². The molecule has 2 atom stereocenters. The van der Waals surface area contributed by atoms with Crippen molar-refractivity contribution in [1.82, 2.24) is 9.47 Å². The molecule has 98 valence electrons. The zero-order valence-corrected chi connectivity index (χ0v) is 13.3. The van der Waals surface area contributed by atoms with Crippen molar-refractivity contribution in [3.8, 4) is 0 Å². The van der Waals surface area contributed by atoms with Crippen molar-refractivity contribution in [3.05, 3.63) is 32.7 Å². The number of rotatable bonds is 2. The van der Waals surface area contributed by atoms with Crippen molar-refractivity contribution in [2.45, 2.75) is 18.9 Å². The van der Waals surface area contributed by atoms with Crippen LogP contribution in [0.1, 0.15) is 18.0 Å². The first kappa shape index (κ1) is 12.9. The normalized spacial score (nSPS) is 27.0. The molecule has 1 aromatic heterocycles. The van der Waals surface area contributed by atoms with E-state index in [-0.39, 0.29) is 5.56 Å². The molecule has 3 heterocycles. The third-order valence-corrected chi connectivity index (χ3v) is 4.99. The average Bonchev–Trinajstić information content (AvgIpc) is 2.35. The largest absolute Gasteiger partial charge is 0.311 e.